The van der Waals surface area contributed by atoms with Crippen molar-refractivity contribution in [3.63, 3.8) is 0 Å². The third-order valence-electron chi connectivity index (χ3n) is 5.28. The molecule has 4 aromatic rings. The van der Waals surface area contributed by atoms with E-state index in [1.165, 1.54) is 0 Å². The number of nitrogens with two attached hydrogens (primary N) is 1. The number of rotatable bonds is 1. The highest BCUT2D eigenvalue weighted by molar-refractivity contribution is 6.30. The van der Waals surface area contributed by atoms with Gasteiger partial charge in [0.05, 0.1) is 17.0 Å². The van der Waals surface area contributed by atoms with Gasteiger partial charge in [-0.2, -0.15) is 5.26 Å². The molecule has 1 aliphatic rings. The fourth-order valence-electron chi connectivity index (χ4n) is 3.96. The van der Waals surface area contributed by atoms with Crippen LogP contribution in [0.25, 0.3) is 21.7 Å². The zero-order chi connectivity index (χ0) is 20.1. The molecule has 1 atom stereocenters. The first-order chi connectivity index (χ1) is 14.1. The van der Waals surface area contributed by atoms with Crippen LogP contribution in [0.2, 0.25) is 5.02 Å². The van der Waals surface area contributed by atoms with E-state index in [1.54, 1.807) is 24.3 Å². The lowest BCUT2D eigenvalue weighted by molar-refractivity contribution is 0.397. The molecule has 0 bridgehead atoms. The number of halogens is 1. The van der Waals surface area contributed by atoms with Crippen LogP contribution in [-0.2, 0) is 0 Å². The quantitative estimate of drug-likeness (QED) is 0.459. The molecular formula is C23H14ClN3O2. The van der Waals surface area contributed by atoms with Crippen LogP contribution in [0.4, 0.5) is 0 Å². The smallest absolute Gasteiger partial charge is 0.256 e. The summed E-state index contributed by atoms with van der Waals surface area (Å²) >= 11 is 6.02. The van der Waals surface area contributed by atoms with Gasteiger partial charge in [0.15, 0.2) is 0 Å². The molecule has 5 rings (SSSR count). The van der Waals surface area contributed by atoms with Crippen LogP contribution in [0.5, 0.6) is 5.75 Å². The molecule has 0 saturated heterocycles. The van der Waals surface area contributed by atoms with Crippen LogP contribution in [0.3, 0.4) is 0 Å². The number of aromatic amines is 1. The minimum Gasteiger partial charge on any atom is -0.439 e. The second kappa shape index (κ2) is 6.40. The van der Waals surface area contributed by atoms with Crippen molar-refractivity contribution >= 4 is 33.3 Å². The first-order valence-electron chi connectivity index (χ1n) is 8.99. The van der Waals surface area contributed by atoms with E-state index in [9.17, 15) is 10.1 Å². The minimum absolute atomic E-state index is 0.00000798. The number of hydrogen-bond acceptors (Lipinski definition) is 4. The second-order valence-corrected chi connectivity index (χ2v) is 7.32. The zero-order valence-corrected chi connectivity index (χ0v) is 15.8. The highest BCUT2D eigenvalue weighted by Crippen LogP contribution is 2.44. The molecule has 0 spiro atoms. The number of fused-ring (bicyclic) bond motifs is 5. The highest BCUT2D eigenvalue weighted by Gasteiger charge is 2.34. The fourth-order valence-corrected chi connectivity index (χ4v) is 4.08. The molecule has 0 amide bonds. The number of pyridine rings is 1. The average molecular weight is 400 g/mol. The van der Waals surface area contributed by atoms with Crippen LogP contribution >= 0.6 is 11.6 Å². The first kappa shape index (κ1) is 17.4. The summed E-state index contributed by atoms with van der Waals surface area (Å²) in [6.45, 7) is 0. The Kier molecular flexibility index (Phi) is 3.83. The third kappa shape index (κ3) is 2.58. The van der Waals surface area contributed by atoms with Crippen molar-refractivity contribution in [2.45, 2.75) is 5.92 Å². The van der Waals surface area contributed by atoms with Crippen molar-refractivity contribution in [1.82, 2.24) is 4.98 Å². The molecule has 1 aliphatic heterocycles. The van der Waals surface area contributed by atoms with Gasteiger partial charge in [-0.05, 0) is 29.1 Å². The number of nitrogens with zero attached hydrogens (tertiary/aromatic N) is 1. The van der Waals surface area contributed by atoms with Gasteiger partial charge in [0, 0.05) is 15.8 Å². The number of allylic oxidation sites excluding steroid dienone is 1. The summed E-state index contributed by atoms with van der Waals surface area (Å²) in [5.41, 5.74) is 7.77. The molecule has 3 aromatic carbocycles. The van der Waals surface area contributed by atoms with E-state index in [0.29, 0.717) is 21.9 Å². The standard InChI is InChI=1S/C23H14ClN3O2/c24-14-8-5-13(6-9-14)18-17(11-25)22(26)29-21-16-10-7-12-3-1-2-4-15(12)20(16)27-23(28)19(18)21/h1-10,18H,26H2,(H,27,28). The van der Waals surface area contributed by atoms with Gasteiger partial charge in [0.2, 0.25) is 5.88 Å². The second-order valence-electron chi connectivity index (χ2n) is 6.88. The van der Waals surface area contributed by atoms with E-state index in [0.717, 1.165) is 21.7 Å². The molecule has 6 heteroatoms. The Balaban J connectivity index is 1.88. The topological polar surface area (TPSA) is 91.9 Å². The molecule has 0 saturated carbocycles. The van der Waals surface area contributed by atoms with Crippen molar-refractivity contribution in [3.05, 3.63) is 98.6 Å². The highest BCUT2D eigenvalue weighted by atomic mass is 35.5. The maximum atomic E-state index is 13.2. The molecule has 3 N–H and O–H groups in total. The van der Waals surface area contributed by atoms with E-state index in [4.69, 9.17) is 22.1 Å². The van der Waals surface area contributed by atoms with Crippen molar-refractivity contribution < 1.29 is 4.74 Å². The summed E-state index contributed by atoms with van der Waals surface area (Å²) in [5, 5.41) is 12.9. The summed E-state index contributed by atoms with van der Waals surface area (Å²) < 4.78 is 5.84. The van der Waals surface area contributed by atoms with Crippen LogP contribution < -0.4 is 16.0 Å². The lowest BCUT2D eigenvalue weighted by Gasteiger charge is -2.26. The summed E-state index contributed by atoms with van der Waals surface area (Å²) in [6.07, 6.45) is 0. The number of nitrogens with one attached hydrogen (secondary N) is 1. The summed E-state index contributed by atoms with van der Waals surface area (Å²) in [6, 6.07) is 20.8. The summed E-state index contributed by atoms with van der Waals surface area (Å²) in [7, 11) is 0. The molecule has 1 aromatic heterocycles. The Morgan fingerprint density at radius 3 is 2.55 bits per heavy atom. The molecule has 5 nitrogen and oxygen atoms in total. The van der Waals surface area contributed by atoms with Gasteiger partial charge in [0.1, 0.15) is 17.4 Å². The van der Waals surface area contributed by atoms with Crippen molar-refractivity contribution in [1.29, 1.82) is 5.26 Å². The SMILES string of the molecule is N#CC1=C(N)Oc2c(c(=O)[nH]c3c2ccc2ccccc23)C1c1ccc(Cl)cc1. The minimum atomic E-state index is -0.638. The maximum absolute atomic E-state index is 13.2. The van der Waals surface area contributed by atoms with E-state index in [1.807, 2.05) is 36.4 Å². The number of ether oxygens (including phenoxy) is 1. The van der Waals surface area contributed by atoms with E-state index in [2.05, 4.69) is 11.1 Å². The molecule has 1 unspecified atom stereocenters. The van der Waals surface area contributed by atoms with Crippen LogP contribution in [0.15, 0.2) is 76.9 Å². The van der Waals surface area contributed by atoms with Crippen LogP contribution in [0, 0.1) is 11.3 Å². The summed E-state index contributed by atoms with van der Waals surface area (Å²) in [4.78, 5) is 16.2. The number of nitriles is 1. The van der Waals surface area contributed by atoms with Crippen molar-refractivity contribution in [3.8, 4) is 11.8 Å². The van der Waals surface area contributed by atoms with Gasteiger partial charge < -0.3 is 15.5 Å². The van der Waals surface area contributed by atoms with Gasteiger partial charge in [-0.25, -0.2) is 0 Å². The van der Waals surface area contributed by atoms with E-state index >= 15 is 0 Å². The molecule has 140 valence electrons. The molecule has 0 aliphatic carbocycles. The average Bonchev–Trinajstić information content (AvgIpc) is 2.73. The predicted molar refractivity (Wildman–Crippen MR) is 113 cm³/mol. The number of benzene rings is 3. The molecule has 0 radical (unpaired) electrons. The Bertz CT molecular complexity index is 1430. The number of aromatic nitrogens is 1. The summed E-state index contributed by atoms with van der Waals surface area (Å²) in [5.74, 6) is -0.258. The van der Waals surface area contributed by atoms with E-state index in [-0.39, 0.29) is 17.0 Å². The van der Waals surface area contributed by atoms with Gasteiger partial charge >= 0.3 is 0 Å². The Labute approximate surface area is 170 Å². The van der Waals surface area contributed by atoms with Gasteiger partial charge in [-0.3, -0.25) is 4.79 Å². The number of hydrogen-bond donors (Lipinski definition) is 2. The lowest BCUT2D eigenvalue weighted by atomic mass is 9.83. The molecule has 0 fully saturated rings. The molecule has 29 heavy (non-hydrogen) atoms. The monoisotopic (exact) mass is 399 g/mol. The fraction of sp³-hybridized carbons (Fsp3) is 0.0435. The normalized spacial score (nSPS) is 15.8. The van der Waals surface area contributed by atoms with Crippen molar-refractivity contribution in [2.24, 2.45) is 5.73 Å². The Hall–Kier alpha value is -3.75. The maximum Gasteiger partial charge on any atom is 0.256 e. The van der Waals surface area contributed by atoms with Gasteiger partial charge in [-0.15, -0.1) is 0 Å². The first-order valence-corrected chi connectivity index (χ1v) is 9.37. The Morgan fingerprint density at radius 1 is 1.03 bits per heavy atom. The predicted octanol–water partition coefficient (Wildman–Crippen LogP) is 4.55. The van der Waals surface area contributed by atoms with Crippen LogP contribution in [0.1, 0.15) is 17.0 Å². The molecular weight excluding hydrogens is 386 g/mol. The van der Waals surface area contributed by atoms with E-state index < -0.39 is 5.92 Å². The van der Waals surface area contributed by atoms with Crippen LogP contribution in [-0.4, -0.2) is 4.98 Å². The van der Waals surface area contributed by atoms with Gasteiger partial charge in [0.25, 0.3) is 5.56 Å². The Morgan fingerprint density at radius 2 is 1.79 bits per heavy atom. The zero-order valence-electron chi connectivity index (χ0n) is 15.1. The molecule has 2 heterocycles. The lowest BCUT2D eigenvalue weighted by Crippen LogP contribution is -2.27. The largest absolute Gasteiger partial charge is 0.439 e. The van der Waals surface area contributed by atoms with Crippen molar-refractivity contribution in [2.75, 3.05) is 0 Å². The van der Waals surface area contributed by atoms with Gasteiger partial charge in [-0.1, -0.05) is 54.1 Å². The third-order valence-corrected chi connectivity index (χ3v) is 5.53. The number of H-pyrrole nitrogens is 1.